The Hall–Kier alpha value is -1.11. The third-order valence-corrected chi connectivity index (χ3v) is 3.71. The van der Waals surface area contributed by atoms with E-state index in [1.54, 1.807) is 0 Å². The van der Waals surface area contributed by atoms with Crippen molar-refractivity contribution in [3.63, 3.8) is 0 Å². The largest absolute Gasteiger partial charge is 0.294 e. The molecule has 1 aliphatic carbocycles. The number of Topliss-reactive ketones (excluding diaryl/α,β-unsaturated/α-hetero) is 1. The van der Waals surface area contributed by atoms with Crippen molar-refractivity contribution in [3.8, 4) is 0 Å². The molecule has 0 radical (unpaired) electrons. The molecule has 16 heavy (non-hydrogen) atoms. The molecule has 3 unspecified atom stereocenters. The fourth-order valence-electron chi connectivity index (χ4n) is 2.32. The van der Waals surface area contributed by atoms with Gasteiger partial charge in [0.25, 0.3) is 0 Å². The third kappa shape index (κ3) is 2.04. The van der Waals surface area contributed by atoms with E-state index < -0.39 is 0 Å². The van der Waals surface area contributed by atoms with Gasteiger partial charge in [-0.05, 0) is 17.4 Å². The lowest BCUT2D eigenvalue weighted by Gasteiger charge is -2.32. The first-order valence-electron chi connectivity index (χ1n) is 6.26. The van der Waals surface area contributed by atoms with Gasteiger partial charge >= 0.3 is 0 Å². The fraction of sp³-hybridized carbons (Fsp3) is 0.533. The summed E-state index contributed by atoms with van der Waals surface area (Å²) < 4.78 is 0. The van der Waals surface area contributed by atoms with Crippen molar-refractivity contribution < 1.29 is 4.79 Å². The summed E-state index contributed by atoms with van der Waals surface area (Å²) in [6.45, 7) is 10.4. The second kappa shape index (κ2) is 5.29. The number of benzene rings is 1. The summed E-state index contributed by atoms with van der Waals surface area (Å²) in [6, 6.07) is 8.01. The van der Waals surface area contributed by atoms with Crippen LogP contribution in [0.4, 0.5) is 0 Å². The van der Waals surface area contributed by atoms with Gasteiger partial charge in [0.2, 0.25) is 0 Å². The van der Waals surface area contributed by atoms with Crippen molar-refractivity contribution in [1.82, 2.24) is 0 Å². The maximum Gasteiger partial charge on any atom is 0.166 e. The molecule has 1 aromatic rings. The highest BCUT2D eigenvalue weighted by atomic mass is 16.1. The second-order valence-corrected chi connectivity index (χ2v) is 4.39. The smallest absolute Gasteiger partial charge is 0.166 e. The molecular formula is C15H22O. The first kappa shape index (κ1) is 13.0. The highest BCUT2D eigenvalue weighted by molar-refractivity contribution is 6.00. The topological polar surface area (TPSA) is 17.1 Å². The highest BCUT2D eigenvalue weighted by Gasteiger charge is 2.34. The van der Waals surface area contributed by atoms with Crippen molar-refractivity contribution in [2.45, 2.75) is 40.5 Å². The predicted octanol–water partition coefficient (Wildman–Crippen LogP) is 4.28. The van der Waals surface area contributed by atoms with Crippen LogP contribution in [0.3, 0.4) is 0 Å². The van der Waals surface area contributed by atoms with E-state index in [1.165, 1.54) is 5.56 Å². The van der Waals surface area contributed by atoms with Crippen molar-refractivity contribution in [2.75, 3.05) is 0 Å². The normalized spacial score (nSPS) is 27.8. The van der Waals surface area contributed by atoms with Crippen LogP contribution in [0.2, 0.25) is 0 Å². The molecule has 0 saturated carbocycles. The standard InChI is InChI=1S/C13H16O.C2H6/c1-8-9(2)11-6-4-5-7-12(11)13(14)10(8)3;1-2/h4-10H,1-3H3;1-2H3. The number of hydrogen-bond acceptors (Lipinski definition) is 1. The lowest BCUT2D eigenvalue weighted by atomic mass is 9.71. The Bertz CT molecular complexity index is 367. The van der Waals surface area contributed by atoms with E-state index >= 15 is 0 Å². The first-order valence-corrected chi connectivity index (χ1v) is 6.26. The molecule has 0 aliphatic heterocycles. The highest BCUT2D eigenvalue weighted by Crippen LogP contribution is 2.38. The van der Waals surface area contributed by atoms with Crippen molar-refractivity contribution >= 4 is 5.78 Å². The van der Waals surface area contributed by atoms with Gasteiger partial charge in [0.05, 0.1) is 0 Å². The Labute approximate surface area is 98.9 Å². The predicted molar refractivity (Wildman–Crippen MR) is 68.9 cm³/mol. The number of hydrogen-bond donors (Lipinski definition) is 0. The minimum Gasteiger partial charge on any atom is -0.294 e. The van der Waals surface area contributed by atoms with Gasteiger partial charge in [0, 0.05) is 11.5 Å². The molecule has 3 atom stereocenters. The van der Waals surface area contributed by atoms with E-state index in [1.807, 2.05) is 39.0 Å². The van der Waals surface area contributed by atoms with Crippen LogP contribution in [0.5, 0.6) is 0 Å². The molecular weight excluding hydrogens is 196 g/mol. The summed E-state index contributed by atoms with van der Waals surface area (Å²) in [6.07, 6.45) is 0. The molecule has 0 spiro atoms. The lowest BCUT2D eigenvalue weighted by molar-refractivity contribution is 0.0861. The number of fused-ring (bicyclic) bond motifs is 1. The van der Waals surface area contributed by atoms with Gasteiger partial charge in [0.1, 0.15) is 0 Å². The zero-order valence-electron chi connectivity index (χ0n) is 10.9. The molecule has 0 heterocycles. The quantitative estimate of drug-likeness (QED) is 0.635. The molecule has 1 heteroatoms. The minimum atomic E-state index is 0.167. The van der Waals surface area contributed by atoms with Crippen LogP contribution in [0.25, 0.3) is 0 Å². The average Bonchev–Trinajstić information content (AvgIpc) is 2.36. The summed E-state index contributed by atoms with van der Waals surface area (Å²) >= 11 is 0. The molecule has 0 aromatic heterocycles. The Morgan fingerprint density at radius 2 is 1.50 bits per heavy atom. The zero-order valence-corrected chi connectivity index (χ0v) is 10.9. The van der Waals surface area contributed by atoms with E-state index in [2.05, 4.69) is 19.9 Å². The van der Waals surface area contributed by atoms with Crippen LogP contribution in [-0.4, -0.2) is 5.78 Å². The van der Waals surface area contributed by atoms with Crippen LogP contribution in [-0.2, 0) is 0 Å². The van der Waals surface area contributed by atoms with Gasteiger partial charge in [-0.1, -0.05) is 58.9 Å². The summed E-state index contributed by atoms with van der Waals surface area (Å²) in [7, 11) is 0. The molecule has 0 saturated heterocycles. The summed E-state index contributed by atoms with van der Waals surface area (Å²) in [4.78, 5) is 12.0. The molecule has 0 amide bonds. The maximum atomic E-state index is 12.0. The van der Waals surface area contributed by atoms with Gasteiger partial charge in [-0.3, -0.25) is 4.79 Å². The van der Waals surface area contributed by atoms with Gasteiger partial charge in [-0.2, -0.15) is 0 Å². The SMILES string of the molecule is CC.CC1C(=O)c2ccccc2C(C)C1C. The number of ketones is 1. The lowest BCUT2D eigenvalue weighted by Crippen LogP contribution is -2.30. The van der Waals surface area contributed by atoms with Crippen molar-refractivity contribution in [3.05, 3.63) is 35.4 Å². The van der Waals surface area contributed by atoms with Gasteiger partial charge < -0.3 is 0 Å². The van der Waals surface area contributed by atoms with E-state index in [0.717, 1.165) is 5.56 Å². The van der Waals surface area contributed by atoms with Crippen molar-refractivity contribution in [2.24, 2.45) is 11.8 Å². The van der Waals surface area contributed by atoms with Crippen LogP contribution < -0.4 is 0 Å². The molecule has 2 rings (SSSR count). The summed E-state index contributed by atoms with van der Waals surface area (Å²) in [5.74, 6) is 1.43. The molecule has 1 aromatic carbocycles. The fourth-order valence-corrected chi connectivity index (χ4v) is 2.32. The maximum absolute atomic E-state index is 12.0. The second-order valence-electron chi connectivity index (χ2n) is 4.39. The molecule has 88 valence electrons. The minimum absolute atomic E-state index is 0.167. The van der Waals surface area contributed by atoms with Crippen LogP contribution in [0.15, 0.2) is 24.3 Å². The monoisotopic (exact) mass is 218 g/mol. The molecule has 1 nitrogen and oxygen atoms in total. The van der Waals surface area contributed by atoms with E-state index in [0.29, 0.717) is 17.6 Å². The molecule has 0 N–H and O–H groups in total. The number of rotatable bonds is 0. The van der Waals surface area contributed by atoms with E-state index in [-0.39, 0.29) is 5.92 Å². The summed E-state index contributed by atoms with van der Waals surface area (Å²) in [5.41, 5.74) is 2.16. The molecule has 0 fully saturated rings. The number of carbonyl (C=O) groups excluding carboxylic acids is 1. The molecule has 0 bridgehead atoms. The van der Waals surface area contributed by atoms with Crippen LogP contribution >= 0.6 is 0 Å². The zero-order chi connectivity index (χ0) is 12.3. The van der Waals surface area contributed by atoms with E-state index in [4.69, 9.17) is 0 Å². The Kier molecular flexibility index (Phi) is 4.28. The van der Waals surface area contributed by atoms with E-state index in [9.17, 15) is 4.79 Å². The molecule has 1 aliphatic rings. The van der Waals surface area contributed by atoms with Gasteiger partial charge in [-0.25, -0.2) is 0 Å². The Morgan fingerprint density at radius 1 is 0.938 bits per heavy atom. The number of carbonyl (C=O) groups is 1. The van der Waals surface area contributed by atoms with Gasteiger partial charge in [0.15, 0.2) is 5.78 Å². The third-order valence-electron chi connectivity index (χ3n) is 3.71. The summed E-state index contributed by atoms with van der Waals surface area (Å²) in [5, 5.41) is 0. The van der Waals surface area contributed by atoms with Crippen molar-refractivity contribution in [1.29, 1.82) is 0 Å². The van der Waals surface area contributed by atoms with Gasteiger partial charge in [-0.15, -0.1) is 0 Å². The average molecular weight is 218 g/mol. The van der Waals surface area contributed by atoms with Crippen LogP contribution in [0, 0.1) is 11.8 Å². The Morgan fingerprint density at radius 3 is 2.12 bits per heavy atom. The Balaban J connectivity index is 0.000000606. The first-order chi connectivity index (χ1) is 7.63. The van der Waals surface area contributed by atoms with Crippen LogP contribution in [0.1, 0.15) is 56.5 Å².